The van der Waals surface area contributed by atoms with Crippen molar-refractivity contribution in [2.75, 3.05) is 32.8 Å². The van der Waals surface area contributed by atoms with Crippen molar-refractivity contribution in [3.05, 3.63) is 65.7 Å². The summed E-state index contributed by atoms with van der Waals surface area (Å²) < 4.78 is 5.84. The van der Waals surface area contributed by atoms with E-state index in [1.165, 1.54) is 5.56 Å². The van der Waals surface area contributed by atoms with E-state index in [0.717, 1.165) is 39.1 Å². The second kappa shape index (κ2) is 11.1. The number of amides is 1. The molecule has 1 aliphatic heterocycles. The molecule has 0 atom stereocenters. The van der Waals surface area contributed by atoms with E-state index in [-0.39, 0.29) is 5.91 Å². The van der Waals surface area contributed by atoms with E-state index in [1.54, 1.807) is 6.07 Å². The van der Waals surface area contributed by atoms with Crippen molar-refractivity contribution in [1.29, 1.82) is 0 Å². The number of hydrogen-bond donors (Lipinski definition) is 1. The van der Waals surface area contributed by atoms with Gasteiger partial charge in [-0.3, -0.25) is 15.0 Å². The molecule has 1 fully saturated rings. The fourth-order valence-electron chi connectivity index (χ4n) is 3.38. The first-order chi connectivity index (χ1) is 14.5. The number of hydrogen-bond acceptors (Lipinski definition) is 4. The molecule has 30 heavy (non-hydrogen) atoms. The fraction of sp³-hybridized carbons (Fsp3) is 0.417. The van der Waals surface area contributed by atoms with Gasteiger partial charge in [-0.15, -0.1) is 0 Å². The van der Waals surface area contributed by atoms with Crippen LogP contribution in [-0.2, 0) is 6.54 Å². The largest absolute Gasteiger partial charge is 0.493 e. The highest BCUT2D eigenvalue weighted by molar-refractivity contribution is 7.80. The number of rotatable bonds is 7. The third kappa shape index (κ3) is 6.54. The number of nitrogens with one attached hydrogen (secondary N) is 1. The fourth-order valence-corrected chi connectivity index (χ4v) is 3.65. The molecule has 6 heteroatoms. The summed E-state index contributed by atoms with van der Waals surface area (Å²) in [6.45, 7) is 9.28. The number of nitrogens with zero attached hydrogens (tertiary/aromatic N) is 2. The van der Waals surface area contributed by atoms with Gasteiger partial charge in [0.2, 0.25) is 0 Å². The summed E-state index contributed by atoms with van der Waals surface area (Å²) in [4.78, 5) is 17.3. The second-order valence-electron chi connectivity index (χ2n) is 8.04. The summed E-state index contributed by atoms with van der Waals surface area (Å²) in [5.74, 6) is 0.942. The molecule has 0 aromatic heterocycles. The van der Waals surface area contributed by atoms with Gasteiger partial charge in [0.25, 0.3) is 5.91 Å². The van der Waals surface area contributed by atoms with Crippen LogP contribution in [0.3, 0.4) is 0 Å². The minimum Gasteiger partial charge on any atom is -0.493 e. The van der Waals surface area contributed by atoms with Crippen LogP contribution in [-0.4, -0.2) is 53.6 Å². The van der Waals surface area contributed by atoms with Crippen LogP contribution < -0.4 is 10.1 Å². The second-order valence-corrected chi connectivity index (χ2v) is 8.42. The molecule has 0 aliphatic carbocycles. The summed E-state index contributed by atoms with van der Waals surface area (Å²) in [5.41, 5.74) is 1.84. The molecule has 3 rings (SSSR count). The van der Waals surface area contributed by atoms with Gasteiger partial charge in [0, 0.05) is 32.7 Å². The number of para-hydroxylation sites is 1. The molecule has 5 nitrogen and oxygen atoms in total. The Labute approximate surface area is 185 Å². The van der Waals surface area contributed by atoms with Gasteiger partial charge in [-0.05, 0) is 42.3 Å². The summed E-state index contributed by atoms with van der Waals surface area (Å²) >= 11 is 5.52. The minimum atomic E-state index is -0.216. The highest BCUT2D eigenvalue weighted by Crippen LogP contribution is 2.19. The van der Waals surface area contributed by atoms with E-state index in [1.807, 2.05) is 24.3 Å². The summed E-state index contributed by atoms with van der Waals surface area (Å²) in [6.07, 6.45) is 0.946. The zero-order valence-corrected chi connectivity index (χ0v) is 18.7. The van der Waals surface area contributed by atoms with Crippen molar-refractivity contribution in [1.82, 2.24) is 15.1 Å². The van der Waals surface area contributed by atoms with Crippen LogP contribution in [0.4, 0.5) is 0 Å². The summed E-state index contributed by atoms with van der Waals surface area (Å²) in [7, 11) is 0. The van der Waals surface area contributed by atoms with Crippen LogP contribution in [0, 0.1) is 5.92 Å². The molecule has 2 aromatic rings. The van der Waals surface area contributed by atoms with Crippen LogP contribution in [0.25, 0.3) is 0 Å². The molecule has 1 aliphatic rings. The molecule has 2 aromatic carbocycles. The first-order valence-corrected chi connectivity index (χ1v) is 11.0. The third-order valence-electron chi connectivity index (χ3n) is 5.21. The average Bonchev–Trinajstić information content (AvgIpc) is 2.75. The van der Waals surface area contributed by atoms with Gasteiger partial charge in [-0.1, -0.05) is 56.3 Å². The smallest absolute Gasteiger partial charge is 0.261 e. The zero-order chi connectivity index (χ0) is 21.3. The van der Waals surface area contributed by atoms with Gasteiger partial charge in [-0.2, -0.15) is 0 Å². The van der Waals surface area contributed by atoms with E-state index in [0.29, 0.717) is 29.0 Å². The van der Waals surface area contributed by atoms with Gasteiger partial charge in [-0.25, -0.2) is 0 Å². The lowest BCUT2D eigenvalue weighted by molar-refractivity contribution is 0.0965. The topological polar surface area (TPSA) is 44.8 Å². The Balaban J connectivity index is 1.50. The van der Waals surface area contributed by atoms with Gasteiger partial charge >= 0.3 is 0 Å². The van der Waals surface area contributed by atoms with Crippen molar-refractivity contribution in [3.8, 4) is 5.75 Å². The van der Waals surface area contributed by atoms with Crippen molar-refractivity contribution < 1.29 is 9.53 Å². The monoisotopic (exact) mass is 425 g/mol. The maximum atomic E-state index is 12.8. The lowest BCUT2D eigenvalue weighted by atomic mass is 10.1. The lowest BCUT2D eigenvalue weighted by Gasteiger charge is -2.36. The summed E-state index contributed by atoms with van der Waals surface area (Å²) in [6, 6.07) is 17.8. The Hall–Kier alpha value is -2.44. The number of benzene rings is 2. The maximum absolute atomic E-state index is 12.8. The van der Waals surface area contributed by atoms with E-state index in [4.69, 9.17) is 17.0 Å². The zero-order valence-electron chi connectivity index (χ0n) is 17.8. The van der Waals surface area contributed by atoms with Gasteiger partial charge in [0.1, 0.15) is 5.75 Å². The SMILES string of the molecule is CC(C)CCOc1ccccc1C(=O)NC(=S)N1CCN(Cc2ccccc2)CC1. The van der Waals surface area contributed by atoms with Gasteiger partial charge < -0.3 is 9.64 Å². The Bertz CT molecular complexity index is 833. The molecular weight excluding hydrogens is 394 g/mol. The van der Waals surface area contributed by atoms with Crippen molar-refractivity contribution in [2.45, 2.75) is 26.8 Å². The van der Waals surface area contributed by atoms with Crippen molar-refractivity contribution in [3.63, 3.8) is 0 Å². The van der Waals surface area contributed by atoms with E-state index < -0.39 is 0 Å². The number of carbonyl (C=O) groups excluding carboxylic acids is 1. The number of thiocarbonyl (C=S) groups is 1. The van der Waals surface area contributed by atoms with Crippen LogP contribution in [0.5, 0.6) is 5.75 Å². The minimum absolute atomic E-state index is 0.216. The van der Waals surface area contributed by atoms with E-state index in [2.05, 4.69) is 53.2 Å². The molecule has 1 heterocycles. The molecule has 0 spiro atoms. The third-order valence-corrected chi connectivity index (χ3v) is 5.57. The van der Waals surface area contributed by atoms with E-state index in [9.17, 15) is 4.79 Å². The van der Waals surface area contributed by atoms with Gasteiger partial charge in [0.15, 0.2) is 5.11 Å². The van der Waals surface area contributed by atoms with Crippen LogP contribution in [0.2, 0.25) is 0 Å². The number of carbonyl (C=O) groups is 1. The Morgan fingerprint density at radius 3 is 2.40 bits per heavy atom. The molecule has 0 saturated carbocycles. The van der Waals surface area contributed by atoms with Crippen molar-refractivity contribution in [2.24, 2.45) is 5.92 Å². The molecule has 0 bridgehead atoms. The van der Waals surface area contributed by atoms with Crippen LogP contribution in [0.1, 0.15) is 36.2 Å². The highest BCUT2D eigenvalue weighted by Gasteiger charge is 2.21. The predicted octanol–water partition coefficient (Wildman–Crippen LogP) is 3.94. The Kier molecular flexibility index (Phi) is 8.22. The normalized spacial score (nSPS) is 14.6. The Morgan fingerprint density at radius 2 is 1.70 bits per heavy atom. The molecule has 1 N–H and O–H groups in total. The van der Waals surface area contributed by atoms with Crippen LogP contribution >= 0.6 is 12.2 Å². The molecular formula is C24H31N3O2S. The quantitative estimate of drug-likeness (QED) is 0.681. The average molecular weight is 426 g/mol. The first-order valence-electron chi connectivity index (χ1n) is 10.6. The van der Waals surface area contributed by atoms with Crippen molar-refractivity contribution >= 4 is 23.2 Å². The Morgan fingerprint density at radius 1 is 1.03 bits per heavy atom. The van der Waals surface area contributed by atoms with Crippen LogP contribution in [0.15, 0.2) is 54.6 Å². The predicted molar refractivity (Wildman–Crippen MR) is 125 cm³/mol. The number of piperazine rings is 1. The summed E-state index contributed by atoms with van der Waals surface area (Å²) in [5, 5.41) is 3.37. The highest BCUT2D eigenvalue weighted by atomic mass is 32.1. The first kappa shape index (κ1) is 22.2. The van der Waals surface area contributed by atoms with Gasteiger partial charge in [0.05, 0.1) is 12.2 Å². The molecule has 0 unspecified atom stereocenters. The molecule has 1 amide bonds. The maximum Gasteiger partial charge on any atom is 0.261 e. The standard InChI is InChI=1S/C24H31N3O2S/c1-19(2)12-17-29-22-11-7-6-10-21(22)23(28)25-24(30)27-15-13-26(14-16-27)18-20-8-4-3-5-9-20/h3-11,19H,12-18H2,1-2H3,(H,25,28,30). The lowest BCUT2D eigenvalue weighted by Crippen LogP contribution is -2.52. The molecule has 1 saturated heterocycles. The number of ether oxygens (including phenoxy) is 1. The van der Waals surface area contributed by atoms with E-state index >= 15 is 0 Å². The molecule has 160 valence electrons. The molecule has 0 radical (unpaired) electrons.